The topological polar surface area (TPSA) is 36.3 Å². The van der Waals surface area contributed by atoms with Crippen LogP contribution in [0.2, 0.25) is 0 Å². The van der Waals surface area contributed by atoms with Crippen molar-refractivity contribution in [1.29, 1.82) is 0 Å². The van der Waals surface area contributed by atoms with Gasteiger partial charge in [-0.05, 0) is 51.8 Å². The molecule has 0 saturated carbocycles. The standard InChI is InChI=1S/C23H18Br2N2O2/c1-28-21-12-17(20(25)13-22(21)29-2)23-18(16-10-6-7-11-19(16)24)14-26-27(23)15-8-4-3-5-9-15/h3-14H,1-2H3. The second-order valence-electron chi connectivity index (χ2n) is 6.32. The Balaban J connectivity index is 2.03. The lowest BCUT2D eigenvalue weighted by Crippen LogP contribution is -2.01. The molecule has 146 valence electrons. The van der Waals surface area contributed by atoms with E-state index in [2.05, 4.69) is 37.9 Å². The summed E-state index contributed by atoms with van der Waals surface area (Å²) in [4.78, 5) is 0. The van der Waals surface area contributed by atoms with Gasteiger partial charge < -0.3 is 9.47 Å². The molecule has 4 aromatic rings. The van der Waals surface area contributed by atoms with Gasteiger partial charge in [-0.25, -0.2) is 4.68 Å². The minimum absolute atomic E-state index is 0.657. The summed E-state index contributed by atoms with van der Waals surface area (Å²) in [5.41, 5.74) is 4.95. The van der Waals surface area contributed by atoms with Crippen LogP contribution in [0.25, 0.3) is 28.1 Å². The van der Waals surface area contributed by atoms with Gasteiger partial charge in [0.2, 0.25) is 0 Å². The fraction of sp³-hybridized carbons (Fsp3) is 0.0870. The van der Waals surface area contributed by atoms with E-state index in [1.165, 1.54) is 0 Å². The maximum atomic E-state index is 5.56. The van der Waals surface area contributed by atoms with Crippen LogP contribution in [0.5, 0.6) is 11.5 Å². The highest BCUT2D eigenvalue weighted by molar-refractivity contribution is 9.11. The number of hydrogen-bond donors (Lipinski definition) is 0. The van der Waals surface area contributed by atoms with Gasteiger partial charge in [-0.3, -0.25) is 0 Å². The second-order valence-corrected chi connectivity index (χ2v) is 8.03. The van der Waals surface area contributed by atoms with E-state index in [0.717, 1.165) is 37.0 Å². The highest BCUT2D eigenvalue weighted by Crippen LogP contribution is 2.43. The number of benzene rings is 3. The van der Waals surface area contributed by atoms with Crippen molar-refractivity contribution in [1.82, 2.24) is 9.78 Å². The van der Waals surface area contributed by atoms with Gasteiger partial charge in [0.05, 0.1) is 31.8 Å². The van der Waals surface area contributed by atoms with Gasteiger partial charge in [-0.1, -0.05) is 52.3 Å². The third-order valence-electron chi connectivity index (χ3n) is 4.66. The van der Waals surface area contributed by atoms with Gasteiger partial charge in [0.1, 0.15) is 0 Å². The van der Waals surface area contributed by atoms with Gasteiger partial charge in [-0.15, -0.1) is 0 Å². The fourth-order valence-electron chi connectivity index (χ4n) is 3.28. The predicted molar refractivity (Wildman–Crippen MR) is 123 cm³/mol. The lowest BCUT2D eigenvalue weighted by Gasteiger charge is -2.15. The molecule has 3 aromatic carbocycles. The maximum Gasteiger partial charge on any atom is 0.161 e. The van der Waals surface area contributed by atoms with Crippen molar-refractivity contribution in [3.8, 4) is 39.6 Å². The molecule has 0 spiro atoms. The van der Waals surface area contributed by atoms with Crippen LogP contribution in [0, 0.1) is 0 Å². The molecule has 0 amide bonds. The molecule has 0 aliphatic carbocycles. The summed E-state index contributed by atoms with van der Waals surface area (Å²) < 4.78 is 14.9. The minimum atomic E-state index is 0.657. The van der Waals surface area contributed by atoms with Gasteiger partial charge in [0.25, 0.3) is 0 Å². The summed E-state index contributed by atoms with van der Waals surface area (Å²) in [5.74, 6) is 1.32. The van der Waals surface area contributed by atoms with Crippen LogP contribution in [0.1, 0.15) is 0 Å². The lowest BCUT2D eigenvalue weighted by atomic mass is 10.0. The van der Waals surface area contributed by atoms with E-state index in [4.69, 9.17) is 14.6 Å². The SMILES string of the molecule is COc1cc(Br)c(-c2c(-c3ccccc3Br)cnn2-c2ccccc2)cc1OC. The molecule has 1 heterocycles. The Hall–Kier alpha value is -2.57. The first kappa shape index (κ1) is 19.7. The molecule has 0 fully saturated rings. The van der Waals surface area contributed by atoms with E-state index >= 15 is 0 Å². The fourth-order valence-corrected chi connectivity index (χ4v) is 4.29. The van der Waals surface area contributed by atoms with Crippen LogP contribution in [0.15, 0.2) is 81.9 Å². The zero-order chi connectivity index (χ0) is 20.4. The van der Waals surface area contributed by atoms with E-state index in [9.17, 15) is 0 Å². The molecule has 0 aliphatic heterocycles. The Morgan fingerprint density at radius 1 is 0.724 bits per heavy atom. The van der Waals surface area contributed by atoms with Crippen molar-refractivity contribution in [2.24, 2.45) is 0 Å². The molecule has 0 bridgehead atoms. The third kappa shape index (κ3) is 3.70. The molecule has 0 atom stereocenters. The van der Waals surface area contributed by atoms with Crippen molar-refractivity contribution < 1.29 is 9.47 Å². The van der Waals surface area contributed by atoms with E-state index in [-0.39, 0.29) is 0 Å². The third-order valence-corrected chi connectivity index (χ3v) is 6.01. The monoisotopic (exact) mass is 512 g/mol. The summed E-state index contributed by atoms with van der Waals surface area (Å²) in [5, 5.41) is 4.72. The zero-order valence-corrected chi connectivity index (χ0v) is 19.1. The highest BCUT2D eigenvalue weighted by Gasteiger charge is 2.21. The molecule has 1 aromatic heterocycles. The average Bonchev–Trinajstić information content (AvgIpc) is 3.19. The van der Waals surface area contributed by atoms with Gasteiger partial charge in [-0.2, -0.15) is 5.10 Å². The Bertz CT molecular complexity index is 1160. The molecular weight excluding hydrogens is 496 g/mol. The summed E-state index contributed by atoms with van der Waals surface area (Å²) in [6.07, 6.45) is 1.89. The van der Waals surface area contributed by atoms with Gasteiger partial charge in [0.15, 0.2) is 11.5 Å². The minimum Gasteiger partial charge on any atom is -0.493 e. The first-order valence-electron chi connectivity index (χ1n) is 8.94. The number of methoxy groups -OCH3 is 2. The number of halogens is 2. The molecule has 0 radical (unpaired) electrons. The predicted octanol–water partition coefficient (Wildman–Crippen LogP) is 6.75. The summed E-state index contributed by atoms with van der Waals surface area (Å²) in [6, 6.07) is 22.1. The van der Waals surface area contributed by atoms with Crippen LogP contribution < -0.4 is 9.47 Å². The number of rotatable bonds is 5. The molecule has 6 heteroatoms. The Morgan fingerprint density at radius 2 is 1.38 bits per heavy atom. The van der Waals surface area contributed by atoms with Crippen molar-refractivity contribution >= 4 is 31.9 Å². The smallest absolute Gasteiger partial charge is 0.161 e. The Morgan fingerprint density at radius 3 is 2.07 bits per heavy atom. The second kappa shape index (κ2) is 8.43. The van der Waals surface area contributed by atoms with Crippen molar-refractivity contribution in [2.45, 2.75) is 0 Å². The van der Waals surface area contributed by atoms with Crippen LogP contribution in [-0.4, -0.2) is 24.0 Å². The molecule has 0 unspecified atom stereocenters. The molecular formula is C23H18Br2N2O2. The molecule has 0 aliphatic rings. The van der Waals surface area contributed by atoms with E-state index in [1.807, 2.05) is 71.5 Å². The van der Waals surface area contributed by atoms with Crippen molar-refractivity contribution in [3.05, 3.63) is 81.9 Å². The number of ether oxygens (including phenoxy) is 2. The Kier molecular flexibility index (Phi) is 5.74. The number of aromatic nitrogens is 2. The first-order chi connectivity index (χ1) is 14.1. The average molecular weight is 514 g/mol. The number of nitrogens with zero attached hydrogens (tertiary/aromatic N) is 2. The summed E-state index contributed by atoms with van der Waals surface area (Å²) >= 11 is 7.40. The van der Waals surface area contributed by atoms with Crippen molar-refractivity contribution in [3.63, 3.8) is 0 Å². The van der Waals surface area contributed by atoms with E-state index in [1.54, 1.807) is 14.2 Å². The van der Waals surface area contributed by atoms with Crippen LogP contribution >= 0.6 is 31.9 Å². The zero-order valence-electron chi connectivity index (χ0n) is 15.9. The highest BCUT2D eigenvalue weighted by atomic mass is 79.9. The largest absolute Gasteiger partial charge is 0.493 e. The summed E-state index contributed by atoms with van der Waals surface area (Å²) in [7, 11) is 3.27. The van der Waals surface area contributed by atoms with Gasteiger partial charge in [0, 0.05) is 20.1 Å². The van der Waals surface area contributed by atoms with Crippen molar-refractivity contribution in [2.75, 3.05) is 14.2 Å². The molecule has 4 rings (SSSR count). The lowest BCUT2D eigenvalue weighted by molar-refractivity contribution is 0.355. The number of para-hydroxylation sites is 1. The van der Waals surface area contributed by atoms with Gasteiger partial charge >= 0.3 is 0 Å². The number of hydrogen-bond acceptors (Lipinski definition) is 3. The summed E-state index contributed by atoms with van der Waals surface area (Å²) in [6.45, 7) is 0. The first-order valence-corrected chi connectivity index (χ1v) is 10.5. The van der Waals surface area contributed by atoms with Crippen LogP contribution in [-0.2, 0) is 0 Å². The molecule has 0 N–H and O–H groups in total. The quantitative estimate of drug-likeness (QED) is 0.296. The van der Waals surface area contributed by atoms with Crippen LogP contribution in [0.3, 0.4) is 0 Å². The maximum absolute atomic E-state index is 5.56. The molecule has 4 nitrogen and oxygen atoms in total. The van der Waals surface area contributed by atoms with Crippen LogP contribution in [0.4, 0.5) is 0 Å². The Labute approximate surface area is 186 Å². The van der Waals surface area contributed by atoms with E-state index < -0.39 is 0 Å². The van der Waals surface area contributed by atoms with E-state index in [0.29, 0.717) is 11.5 Å². The molecule has 29 heavy (non-hydrogen) atoms. The molecule has 0 saturated heterocycles. The normalized spacial score (nSPS) is 10.8.